The zero-order valence-electron chi connectivity index (χ0n) is 8.98. The lowest BCUT2D eigenvalue weighted by Gasteiger charge is -2.19. The van der Waals surface area contributed by atoms with Crippen LogP contribution in [-0.4, -0.2) is 22.2 Å². The fourth-order valence-corrected chi connectivity index (χ4v) is 2.57. The molecule has 1 fully saturated rings. The molecule has 2 heterocycles. The smallest absolute Gasteiger partial charge is 0.300 e. The van der Waals surface area contributed by atoms with Gasteiger partial charge >= 0.3 is 6.18 Å². The van der Waals surface area contributed by atoms with Crippen molar-refractivity contribution >= 4 is 23.5 Å². The zero-order valence-corrected chi connectivity index (χ0v) is 9.79. The average molecular weight is 279 g/mol. The second-order valence-corrected chi connectivity index (χ2v) is 4.72. The highest BCUT2D eigenvalue weighted by atomic mass is 32.2. The molecule has 0 amide bonds. The number of nitro groups is 1. The van der Waals surface area contributed by atoms with Gasteiger partial charge in [0.05, 0.1) is 4.92 Å². The fourth-order valence-electron chi connectivity index (χ4n) is 1.57. The number of hydrogen-bond acceptors (Lipinski definition) is 5. The molecule has 1 aliphatic rings. The molecule has 1 aromatic heterocycles. The third-order valence-electron chi connectivity index (χ3n) is 2.36. The van der Waals surface area contributed by atoms with Gasteiger partial charge in [-0.3, -0.25) is 10.1 Å². The summed E-state index contributed by atoms with van der Waals surface area (Å²) >= 11 is 1.24. The van der Waals surface area contributed by atoms with Crippen LogP contribution in [0.15, 0.2) is 12.3 Å². The summed E-state index contributed by atoms with van der Waals surface area (Å²) in [6, 6.07) is 0.529. The quantitative estimate of drug-likeness (QED) is 0.473. The van der Waals surface area contributed by atoms with Gasteiger partial charge < -0.3 is 4.31 Å². The first-order chi connectivity index (χ1) is 8.39. The molecule has 0 saturated carbocycles. The van der Waals surface area contributed by atoms with Crippen LogP contribution in [0.3, 0.4) is 0 Å². The highest BCUT2D eigenvalue weighted by Crippen LogP contribution is 2.40. The van der Waals surface area contributed by atoms with Crippen LogP contribution in [0.2, 0.25) is 0 Å². The molecule has 0 aliphatic carbocycles. The van der Waals surface area contributed by atoms with Gasteiger partial charge in [-0.05, 0) is 18.4 Å². The molecule has 5 nitrogen and oxygen atoms in total. The van der Waals surface area contributed by atoms with Crippen LogP contribution >= 0.6 is 11.9 Å². The highest BCUT2D eigenvalue weighted by molar-refractivity contribution is 8.00. The van der Waals surface area contributed by atoms with Crippen molar-refractivity contribution in [1.82, 2.24) is 4.98 Å². The van der Waals surface area contributed by atoms with Crippen molar-refractivity contribution in [2.24, 2.45) is 0 Å². The van der Waals surface area contributed by atoms with E-state index < -0.39 is 22.4 Å². The van der Waals surface area contributed by atoms with Crippen LogP contribution in [0.25, 0.3) is 0 Å². The molecule has 9 heteroatoms. The summed E-state index contributed by atoms with van der Waals surface area (Å²) in [5, 5.41) is 10.5. The van der Waals surface area contributed by atoms with Gasteiger partial charge in [-0.25, -0.2) is 4.98 Å². The largest absolute Gasteiger partial charge is 0.420 e. The Balaban J connectivity index is 2.48. The van der Waals surface area contributed by atoms with E-state index in [1.165, 1.54) is 16.3 Å². The lowest BCUT2D eigenvalue weighted by Crippen LogP contribution is -2.18. The average Bonchev–Trinajstić information content (AvgIpc) is 2.80. The van der Waals surface area contributed by atoms with Gasteiger partial charge in [0.25, 0.3) is 5.69 Å². The van der Waals surface area contributed by atoms with Crippen molar-refractivity contribution < 1.29 is 18.1 Å². The number of pyridine rings is 1. The Hall–Kier alpha value is -1.51. The topological polar surface area (TPSA) is 59.3 Å². The molecular formula is C9H8F3N3O2S. The summed E-state index contributed by atoms with van der Waals surface area (Å²) in [5.74, 6) is 0.464. The number of halogens is 3. The van der Waals surface area contributed by atoms with E-state index in [1.54, 1.807) is 0 Å². The van der Waals surface area contributed by atoms with Gasteiger partial charge in [0.1, 0.15) is 11.8 Å². The Morgan fingerprint density at radius 2 is 2.22 bits per heavy atom. The predicted molar refractivity (Wildman–Crippen MR) is 60.3 cm³/mol. The summed E-state index contributed by atoms with van der Waals surface area (Å²) in [6.45, 7) is 0.457. The van der Waals surface area contributed by atoms with Crippen molar-refractivity contribution in [3.63, 3.8) is 0 Å². The summed E-state index contributed by atoms with van der Waals surface area (Å²) in [6.07, 6.45) is -3.04. The Bertz CT molecular complexity index is 475. The Morgan fingerprint density at radius 3 is 2.72 bits per heavy atom. The Labute approximate surface area is 104 Å². The highest BCUT2D eigenvalue weighted by Gasteiger charge is 2.38. The molecule has 0 N–H and O–H groups in total. The van der Waals surface area contributed by atoms with Gasteiger partial charge in [0.2, 0.25) is 0 Å². The molecule has 0 bridgehead atoms. The zero-order chi connectivity index (χ0) is 13.3. The maximum atomic E-state index is 12.8. The third-order valence-corrected chi connectivity index (χ3v) is 3.50. The minimum atomic E-state index is -4.66. The molecule has 0 spiro atoms. The van der Waals surface area contributed by atoms with Crippen LogP contribution in [-0.2, 0) is 6.18 Å². The first-order valence-corrected chi connectivity index (χ1v) is 5.96. The minimum Gasteiger partial charge on any atom is -0.300 e. The lowest BCUT2D eigenvalue weighted by molar-refractivity contribution is -0.385. The first kappa shape index (κ1) is 12.9. The number of hydrogen-bond donors (Lipinski definition) is 0. The van der Waals surface area contributed by atoms with Crippen molar-refractivity contribution in [1.29, 1.82) is 0 Å². The van der Waals surface area contributed by atoms with Gasteiger partial charge in [-0.15, -0.1) is 0 Å². The summed E-state index contributed by atoms with van der Waals surface area (Å²) in [7, 11) is 0. The van der Waals surface area contributed by atoms with Crippen LogP contribution < -0.4 is 4.31 Å². The van der Waals surface area contributed by atoms with E-state index in [-0.39, 0.29) is 5.82 Å². The summed E-state index contributed by atoms with van der Waals surface area (Å²) in [4.78, 5) is 13.2. The first-order valence-electron chi connectivity index (χ1n) is 5.01. The number of anilines is 1. The van der Waals surface area contributed by atoms with Gasteiger partial charge in [-0.1, -0.05) is 0 Å². The molecule has 0 aromatic carbocycles. The molecule has 98 valence electrons. The van der Waals surface area contributed by atoms with Gasteiger partial charge in [0, 0.05) is 18.4 Å². The molecule has 0 atom stereocenters. The standard InChI is InChI=1S/C9H8F3N3O2S/c10-9(11,12)7-4-6(15(16)17)5-13-8(7)14-2-1-3-18-14/h4-5H,1-3H2. The maximum absolute atomic E-state index is 12.8. The summed E-state index contributed by atoms with van der Waals surface area (Å²) < 4.78 is 40.0. The normalized spacial score (nSPS) is 16.1. The molecule has 0 radical (unpaired) electrons. The van der Waals surface area contributed by atoms with E-state index >= 15 is 0 Å². The van der Waals surface area contributed by atoms with Gasteiger partial charge in [-0.2, -0.15) is 13.2 Å². The third kappa shape index (κ3) is 2.50. The van der Waals surface area contributed by atoms with E-state index in [2.05, 4.69) is 4.98 Å². The second-order valence-electron chi connectivity index (χ2n) is 3.61. The van der Waals surface area contributed by atoms with Crippen molar-refractivity contribution in [2.75, 3.05) is 16.6 Å². The molecule has 0 unspecified atom stereocenters. The molecule has 1 aromatic rings. The monoisotopic (exact) mass is 279 g/mol. The SMILES string of the molecule is O=[N+]([O-])c1cnc(N2CCCS2)c(C(F)(F)F)c1. The number of alkyl halides is 3. The van der Waals surface area contributed by atoms with E-state index in [4.69, 9.17) is 0 Å². The number of nitrogens with zero attached hydrogens (tertiary/aromatic N) is 3. The van der Waals surface area contributed by atoms with Crippen LogP contribution in [0.5, 0.6) is 0 Å². The van der Waals surface area contributed by atoms with E-state index in [9.17, 15) is 23.3 Å². The minimum absolute atomic E-state index is 0.254. The molecule has 2 rings (SSSR count). The van der Waals surface area contributed by atoms with Crippen molar-refractivity contribution in [3.05, 3.63) is 27.9 Å². The number of aromatic nitrogens is 1. The second kappa shape index (κ2) is 4.63. The van der Waals surface area contributed by atoms with Crippen LogP contribution in [0, 0.1) is 10.1 Å². The maximum Gasteiger partial charge on any atom is 0.420 e. The number of rotatable bonds is 2. The lowest BCUT2D eigenvalue weighted by atomic mass is 10.2. The fraction of sp³-hybridized carbons (Fsp3) is 0.444. The Kier molecular flexibility index (Phi) is 3.33. The van der Waals surface area contributed by atoms with Crippen LogP contribution in [0.1, 0.15) is 12.0 Å². The predicted octanol–water partition coefficient (Wildman–Crippen LogP) is 2.87. The van der Waals surface area contributed by atoms with Crippen molar-refractivity contribution in [3.8, 4) is 0 Å². The van der Waals surface area contributed by atoms with E-state index in [1.807, 2.05) is 0 Å². The summed E-state index contributed by atoms with van der Waals surface area (Å²) in [5.41, 5.74) is -1.72. The molecule has 1 saturated heterocycles. The van der Waals surface area contributed by atoms with Crippen molar-refractivity contribution in [2.45, 2.75) is 12.6 Å². The molecular weight excluding hydrogens is 271 g/mol. The molecule has 1 aliphatic heterocycles. The Morgan fingerprint density at radius 1 is 1.50 bits per heavy atom. The molecule has 18 heavy (non-hydrogen) atoms. The van der Waals surface area contributed by atoms with E-state index in [0.717, 1.165) is 18.4 Å². The van der Waals surface area contributed by atoms with Crippen LogP contribution in [0.4, 0.5) is 24.7 Å². The van der Waals surface area contributed by atoms with E-state index in [0.29, 0.717) is 12.6 Å². The van der Waals surface area contributed by atoms with Gasteiger partial charge in [0.15, 0.2) is 5.82 Å².